The molecular formula is C54H91N3O41. The number of rotatable bonds is 25. The van der Waals surface area contributed by atoms with Crippen molar-refractivity contribution >= 4 is 17.7 Å². The maximum Gasteiger partial charge on any atom is 0.217 e. The third-order valence-electron chi connectivity index (χ3n) is 17.8. The van der Waals surface area contributed by atoms with Crippen LogP contribution in [-0.2, 0) is 85.4 Å². The summed E-state index contributed by atoms with van der Waals surface area (Å²) in [6.45, 7) is -5.49. The molecule has 8 heterocycles. The Morgan fingerprint density at radius 1 is 0.265 bits per heavy atom. The van der Waals surface area contributed by atoms with E-state index in [4.69, 9.17) is 71.1 Å². The second-order valence-electron chi connectivity index (χ2n) is 24.6. The van der Waals surface area contributed by atoms with E-state index in [1.54, 1.807) is 0 Å². The summed E-state index contributed by atoms with van der Waals surface area (Å²) in [7, 11) is 0. The van der Waals surface area contributed by atoms with Crippen LogP contribution in [0.2, 0.25) is 0 Å². The number of aliphatic hydroxyl groups is 23. The standard InChI is InChI=1S/C54H91N3O41/c1-12(65)55-23-31(73)41(19(8-62)85-47(23)83)95-52-40(82)44(96-54-46(37(79)29(71)18(7-61)89-54)98-49-25(57-14(3)67)33(75)43(21(10-64)91-49)94-51-39(81)35(77)27(69)16(5-59)87-51)30(72)22(92-52)11-84-53-45(36(78)28(70)17(6-60)88-53)97-48-24(56-13(2)66)32(74)42(20(9-63)90-48)93-50-38(80)34(76)26(68)15(4-58)86-50/h15-54,58-64,68-83H,4-11H2,1-3H3,(H,55,65)(H,56,66)(H,57,67)/t15-,16-,17-,18-,19-,20-,21-,22-,23-,24-,25-,26+,27+,28-,29-,30-,31-,32-,33-,34+,35+,36+,37+,38-,39-,40-,41-,42-,43-,44+,45-,46-,47?,48+,49+,50+,51+,52+,53+,54-/m1/s1. The minimum atomic E-state index is -2.45. The molecule has 26 N–H and O–H groups in total. The summed E-state index contributed by atoms with van der Waals surface area (Å²) in [4.78, 5) is 37.8. The largest absolute Gasteiger partial charge is 0.394 e. The lowest BCUT2D eigenvalue weighted by Gasteiger charge is -2.51. The normalized spacial score (nSPS) is 49.5. The van der Waals surface area contributed by atoms with Gasteiger partial charge in [-0.2, -0.15) is 0 Å². The van der Waals surface area contributed by atoms with Crippen LogP contribution in [-0.4, -0.2) is 433 Å². The summed E-state index contributed by atoms with van der Waals surface area (Å²) in [5.74, 6) is -2.65. The van der Waals surface area contributed by atoms with Crippen LogP contribution in [0.25, 0.3) is 0 Å². The van der Waals surface area contributed by atoms with Crippen molar-refractivity contribution in [2.45, 2.75) is 266 Å². The van der Waals surface area contributed by atoms with E-state index in [0.29, 0.717) is 0 Å². The monoisotopic (exact) mass is 1440 g/mol. The maximum absolute atomic E-state index is 12.8. The quantitative estimate of drug-likeness (QED) is 0.0404. The van der Waals surface area contributed by atoms with Crippen molar-refractivity contribution in [3.63, 3.8) is 0 Å². The first kappa shape index (κ1) is 80.6. The van der Waals surface area contributed by atoms with Crippen LogP contribution in [0, 0.1) is 0 Å². The average Bonchev–Trinajstić information content (AvgIpc) is 0.774. The number of carbonyl (C=O) groups is 3. The van der Waals surface area contributed by atoms with E-state index in [1.165, 1.54) is 0 Å². The average molecular weight is 1440 g/mol. The Morgan fingerprint density at radius 2 is 0.551 bits per heavy atom. The lowest BCUT2D eigenvalue weighted by atomic mass is 9.94. The van der Waals surface area contributed by atoms with Crippen LogP contribution in [0.5, 0.6) is 0 Å². The molecule has 8 aliphatic heterocycles. The molecule has 44 heteroatoms. The fraction of sp³-hybridized carbons (Fsp3) is 0.944. The highest BCUT2D eigenvalue weighted by molar-refractivity contribution is 5.74. The lowest BCUT2D eigenvalue weighted by molar-refractivity contribution is -0.397. The van der Waals surface area contributed by atoms with Gasteiger partial charge in [0.05, 0.1) is 52.9 Å². The SMILES string of the molecule is CC(=O)N[C@H]1[C@H](O[C@H]2[C@@H](OC[C@H]3O[C@@H](O[C@H]4[C@H](O)[C@@H](NC(C)=O)C(O)O[C@@H]4CO)[C@H](O)[C@@H](O[C@H]4O[C@H](CO)[C@@H](O)[C@H](O)[C@H]4O[C@@H]4O[C@H](CO)[C@@H](O[C@@H]5O[C@H](CO)[C@H](O)[C@H](O)[C@H]5O)[C@H](O)[C@H]4NC(C)=O)[C@@H]3O)O[C@H](CO)[C@@H](O)[C@@H]2O)O[C@H](CO)[C@@H](O[C@@H]2O[C@H](CO)[C@H](O)[C@H](O)[C@H]2O)[C@@H]1O. The lowest BCUT2D eigenvalue weighted by Crippen LogP contribution is -2.70. The number of nitrogens with one attached hydrogen (secondary N) is 3. The molecule has 0 bridgehead atoms. The molecule has 0 radical (unpaired) electrons. The first-order chi connectivity index (χ1) is 46.4. The predicted octanol–water partition coefficient (Wildman–Crippen LogP) is -18.0. The van der Waals surface area contributed by atoms with E-state index in [2.05, 4.69) is 16.0 Å². The van der Waals surface area contributed by atoms with E-state index in [9.17, 15) is 132 Å². The van der Waals surface area contributed by atoms with Gasteiger partial charge in [-0.05, 0) is 0 Å². The Bertz CT molecular complexity index is 2510. The zero-order chi connectivity index (χ0) is 72.2. The summed E-state index contributed by atoms with van der Waals surface area (Å²) in [6.07, 6.45) is -75.2. The smallest absolute Gasteiger partial charge is 0.217 e. The molecule has 8 fully saturated rings. The van der Waals surface area contributed by atoms with Crippen LogP contribution >= 0.6 is 0 Å². The van der Waals surface area contributed by atoms with Gasteiger partial charge in [0.25, 0.3) is 0 Å². The molecule has 8 rings (SSSR count). The van der Waals surface area contributed by atoms with Crippen molar-refractivity contribution in [2.75, 3.05) is 52.9 Å². The molecule has 568 valence electrons. The van der Waals surface area contributed by atoms with Crippen molar-refractivity contribution in [3.8, 4) is 0 Å². The van der Waals surface area contributed by atoms with E-state index in [0.717, 1.165) is 20.8 Å². The number of amides is 3. The summed E-state index contributed by atoms with van der Waals surface area (Å²) < 4.78 is 87.8. The van der Waals surface area contributed by atoms with Crippen LogP contribution in [0.15, 0.2) is 0 Å². The van der Waals surface area contributed by atoms with Gasteiger partial charge in [0.1, 0.15) is 195 Å². The molecule has 8 saturated heterocycles. The van der Waals surface area contributed by atoms with E-state index in [1.807, 2.05) is 0 Å². The second-order valence-corrected chi connectivity index (χ2v) is 24.6. The third kappa shape index (κ3) is 17.5. The van der Waals surface area contributed by atoms with Crippen LogP contribution in [0.1, 0.15) is 20.8 Å². The molecule has 0 aromatic rings. The Kier molecular flexibility index (Phi) is 28.9. The summed E-state index contributed by atoms with van der Waals surface area (Å²) in [5, 5.41) is 259. The van der Waals surface area contributed by atoms with Gasteiger partial charge in [-0.15, -0.1) is 0 Å². The van der Waals surface area contributed by atoms with Crippen molar-refractivity contribution in [1.29, 1.82) is 0 Å². The molecule has 1 unspecified atom stereocenters. The molecule has 0 aliphatic carbocycles. The van der Waals surface area contributed by atoms with Gasteiger partial charge in [0.2, 0.25) is 17.7 Å². The zero-order valence-electron chi connectivity index (χ0n) is 52.4. The van der Waals surface area contributed by atoms with Gasteiger partial charge in [0.15, 0.2) is 50.3 Å². The Labute approximate surface area is 554 Å². The van der Waals surface area contributed by atoms with Gasteiger partial charge < -0.3 is 204 Å². The van der Waals surface area contributed by atoms with E-state index < -0.39 is 316 Å². The Hall–Kier alpha value is -3.11. The molecule has 0 aromatic carbocycles. The Morgan fingerprint density at radius 3 is 0.939 bits per heavy atom. The van der Waals surface area contributed by atoms with Crippen LogP contribution in [0.3, 0.4) is 0 Å². The highest BCUT2D eigenvalue weighted by atomic mass is 16.8. The highest BCUT2D eigenvalue weighted by Crippen LogP contribution is 2.39. The molecule has 0 aromatic heterocycles. The van der Waals surface area contributed by atoms with E-state index in [-0.39, 0.29) is 0 Å². The molecular weight excluding hydrogens is 1350 g/mol. The molecule has 0 spiro atoms. The first-order valence-electron chi connectivity index (χ1n) is 31.1. The van der Waals surface area contributed by atoms with Crippen LogP contribution in [0.4, 0.5) is 0 Å². The highest BCUT2D eigenvalue weighted by Gasteiger charge is 2.60. The second kappa shape index (κ2) is 35.1. The van der Waals surface area contributed by atoms with Crippen LogP contribution < -0.4 is 16.0 Å². The molecule has 44 nitrogen and oxygen atoms in total. The molecule has 3 amide bonds. The van der Waals surface area contributed by atoms with Crippen molar-refractivity contribution in [1.82, 2.24) is 16.0 Å². The number of aliphatic hydroxyl groups excluding tert-OH is 23. The molecule has 40 atom stereocenters. The van der Waals surface area contributed by atoms with Gasteiger partial charge in [-0.1, -0.05) is 0 Å². The number of hydrogen-bond acceptors (Lipinski definition) is 41. The fourth-order valence-corrected chi connectivity index (χ4v) is 12.6. The molecule has 98 heavy (non-hydrogen) atoms. The predicted molar refractivity (Wildman–Crippen MR) is 299 cm³/mol. The third-order valence-corrected chi connectivity index (χ3v) is 17.8. The summed E-state index contributed by atoms with van der Waals surface area (Å²) >= 11 is 0. The van der Waals surface area contributed by atoms with Gasteiger partial charge >= 0.3 is 0 Å². The number of ether oxygens (including phenoxy) is 15. The first-order valence-corrected chi connectivity index (χ1v) is 31.1. The fourth-order valence-electron chi connectivity index (χ4n) is 12.6. The summed E-state index contributed by atoms with van der Waals surface area (Å²) in [6, 6.07) is -5.48. The topological polar surface area (TPSA) is 691 Å². The minimum absolute atomic E-state index is 0.827. The zero-order valence-corrected chi connectivity index (χ0v) is 52.4. The number of carbonyl (C=O) groups excluding carboxylic acids is 3. The molecule has 0 saturated carbocycles. The van der Waals surface area contributed by atoms with Gasteiger partial charge in [-0.3, -0.25) is 14.4 Å². The van der Waals surface area contributed by atoms with Gasteiger partial charge in [-0.25, -0.2) is 0 Å². The van der Waals surface area contributed by atoms with Crippen molar-refractivity contribution < 1.29 is 203 Å². The molecule has 8 aliphatic rings. The van der Waals surface area contributed by atoms with Gasteiger partial charge in [0, 0.05) is 20.8 Å². The van der Waals surface area contributed by atoms with Crippen molar-refractivity contribution in [3.05, 3.63) is 0 Å². The van der Waals surface area contributed by atoms with E-state index >= 15 is 0 Å². The summed E-state index contributed by atoms with van der Waals surface area (Å²) in [5.41, 5.74) is 0. The number of hydrogen-bond donors (Lipinski definition) is 26. The van der Waals surface area contributed by atoms with Crippen molar-refractivity contribution in [2.24, 2.45) is 0 Å². The maximum atomic E-state index is 12.8. The Balaban J connectivity index is 1.10. The minimum Gasteiger partial charge on any atom is -0.394 e.